The highest BCUT2D eigenvalue weighted by atomic mass is 16.3. The molecule has 5 aromatic rings. The number of fused-ring (bicyclic) bond motifs is 3. The number of carbonyl (C=O) groups excluding carboxylic acids is 1. The molecule has 3 aliphatic heterocycles. The van der Waals surface area contributed by atoms with Crippen molar-refractivity contribution in [3.05, 3.63) is 161 Å². The van der Waals surface area contributed by atoms with E-state index in [0.717, 1.165) is 44.2 Å². The summed E-state index contributed by atoms with van der Waals surface area (Å²) in [7, 11) is 0. The highest BCUT2D eigenvalue weighted by Gasteiger charge is 2.85. The minimum Gasteiger partial charge on any atom is -0.369 e. The first kappa shape index (κ1) is 24.3. The third-order valence-electron chi connectivity index (χ3n) is 10.5. The van der Waals surface area contributed by atoms with Gasteiger partial charge in [0.1, 0.15) is 5.54 Å². The van der Waals surface area contributed by atoms with Gasteiger partial charge in [-0.15, -0.1) is 0 Å². The van der Waals surface area contributed by atoms with E-state index in [4.69, 9.17) is 0 Å². The first-order valence-corrected chi connectivity index (χ1v) is 14.8. The molecule has 3 heterocycles. The van der Waals surface area contributed by atoms with Gasteiger partial charge in [0.15, 0.2) is 11.5 Å². The highest BCUT2D eigenvalue weighted by Crippen LogP contribution is 2.76. The molecule has 5 aromatic carbocycles. The van der Waals surface area contributed by atoms with Crippen molar-refractivity contribution in [2.24, 2.45) is 5.41 Å². The molecule has 9 rings (SSSR count). The van der Waals surface area contributed by atoms with E-state index in [1.807, 2.05) is 54.6 Å². The first-order chi connectivity index (χ1) is 20.6. The molecule has 42 heavy (non-hydrogen) atoms. The van der Waals surface area contributed by atoms with Gasteiger partial charge in [0.05, 0.1) is 5.41 Å². The highest BCUT2D eigenvalue weighted by molar-refractivity contribution is 6.09. The average molecular weight is 547 g/mol. The summed E-state index contributed by atoms with van der Waals surface area (Å²) in [6, 6.07) is 43.4. The SMILES string of the molecule is O=C1/C(=C/c2ccccc2)CN2C[C@]13[C@@H](c1ccccc1)[C@H](c1ccccc1)N[C@]31c3cccc4cccc(c34)[C@]21O. The summed E-state index contributed by atoms with van der Waals surface area (Å²) in [4.78, 5) is 17.6. The quantitative estimate of drug-likeness (QED) is 0.261. The molecule has 1 aliphatic carbocycles. The second-order valence-electron chi connectivity index (χ2n) is 12.3. The lowest BCUT2D eigenvalue weighted by Gasteiger charge is -2.44. The van der Waals surface area contributed by atoms with Crippen LogP contribution in [0.15, 0.2) is 133 Å². The smallest absolute Gasteiger partial charge is 0.170 e. The number of piperidine rings is 1. The summed E-state index contributed by atoms with van der Waals surface area (Å²) in [5.41, 5.74) is 2.46. The molecular weight excluding hydrogens is 516 g/mol. The summed E-state index contributed by atoms with van der Waals surface area (Å²) in [6.07, 6.45) is 2.04. The minimum atomic E-state index is -1.41. The van der Waals surface area contributed by atoms with Gasteiger partial charge in [0, 0.05) is 36.2 Å². The zero-order valence-electron chi connectivity index (χ0n) is 23.1. The van der Waals surface area contributed by atoms with Crippen LogP contribution in [0, 0.1) is 5.41 Å². The Morgan fingerprint density at radius 2 is 1.36 bits per heavy atom. The van der Waals surface area contributed by atoms with E-state index in [-0.39, 0.29) is 17.7 Å². The summed E-state index contributed by atoms with van der Waals surface area (Å²) in [6.45, 7) is 0.854. The zero-order valence-corrected chi connectivity index (χ0v) is 23.1. The number of Topliss-reactive ketones (excluding diaryl/α,β-unsaturated/α-hetero) is 1. The van der Waals surface area contributed by atoms with Crippen LogP contribution in [0.3, 0.4) is 0 Å². The van der Waals surface area contributed by atoms with Gasteiger partial charge < -0.3 is 5.11 Å². The van der Waals surface area contributed by atoms with Gasteiger partial charge >= 0.3 is 0 Å². The van der Waals surface area contributed by atoms with Gasteiger partial charge in [-0.3, -0.25) is 15.0 Å². The van der Waals surface area contributed by atoms with Crippen molar-refractivity contribution in [2.75, 3.05) is 13.1 Å². The molecule has 1 unspecified atom stereocenters. The van der Waals surface area contributed by atoms with Crippen LogP contribution in [0.25, 0.3) is 16.8 Å². The van der Waals surface area contributed by atoms with E-state index in [9.17, 15) is 5.11 Å². The van der Waals surface area contributed by atoms with Gasteiger partial charge in [-0.25, -0.2) is 0 Å². The van der Waals surface area contributed by atoms with Crippen LogP contribution >= 0.6 is 0 Å². The first-order valence-electron chi connectivity index (χ1n) is 14.8. The second-order valence-corrected chi connectivity index (χ2v) is 12.3. The van der Waals surface area contributed by atoms with Crippen molar-refractivity contribution in [3.8, 4) is 0 Å². The Morgan fingerprint density at radius 3 is 2.05 bits per heavy atom. The van der Waals surface area contributed by atoms with Crippen molar-refractivity contribution in [2.45, 2.75) is 23.2 Å². The van der Waals surface area contributed by atoms with Gasteiger partial charge in [-0.2, -0.15) is 0 Å². The van der Waals surface area contributed by atoms with Crippen LogP contribution in [0.5, 0.6) is 0 Å². The van der Waals surface area contributed by atoms with E-state index >= 15 is 4.79 Å². The summed E-state index contributed by atoms with van der Waals surface area (Å²) in [5.74, 6) is -0.0858. The number of nitrogens with one attached hydrogen (secondary N) is 1. The molecule has 204 valence electrons. The molecule has 2 bridgehead atoms. The van der Waals surface area contributed by atoms with Crippen molar-refractivity contribution in [3.63, 3.8) is 0 Å². The lowest BCUT2D eigenvalue weighted by Crippen LogP contribution is -2.59. The van der Waals surface area contributed by atoms with Crippen LogP contribution in [-0.2, 0) is 16.1 Å². The number of aliphatic hydroxyl groups is 1. The topological polar surface area (TPSA) is 52.6 Å². The monoisotopic (exact) mass is 546 g/mol. The Morgan fingerprint density at radius 1 is 0.738 bits per heavy atom. The molecule has 4 heteroatoms. The average Bonchev–Trinajstić information content (AvgIpc) is 3.53. The Bertz CT molecular complexity index is 1920. The Hall–Kier alpha value is -4.35. The molecule has 0 radical (unpaired) electrons. The third kappa shape index (κ3) is 2.71. The Balaban J connectivity index is 1.40. The number of hydrogen-bond acceptors (Lipinski definition) is 4. The Kier molecular flexibility index (Phi) is 4.83. The maximum Gasteiger partial charge on any atom is 0.170 e. The molecule has 0 saturated carbocycles. The Labute approximate surface area is 244 Å². The van der Waals surface area contributed by atoms with Crippen molar-refractivity contribution in [1.29, 1.82) is 0 Å². The van der Waals surface area contributed by atoms with E-state index < -0.39 is 16.7 Å². The fourth-order valence-electron chi connectivity index (χ4n) is 9.12. The van der Waals surface area contributed by atoms with E-state index in [1.54, 1.807) is 0 Å². The van der Waals surface area contributed by atoms with E-state index in [2.05, 4.69) is 89.1 Å². The predicted molar refractivity (Wildman–Crippen MR) is 164 cm³/mol. The molecule has 0 aromatic heterocycles. The van der Waals surface area contributed by atoms with Gasteiger partial charge in [-0.05, 0) is 39.1 Å². The minimum absolute atomic E-state index is 0.128. The normalized spacial score (nSPS) is 33.2. The van der Waals surface area contributed by atoms with Gasteiger partial charge in [0.2, 0.25) is 0 Å². The lowest BCUT2D eigenvalue weighted by molar-refractivity contribution is -0.139. The van der Waals surface area contributed by atoms with Crippen LogP contribution in [-0.4, -0.2) is 28.9 Å². The second kappa shape index (κ2) is 8.36. The van der Waals surface area contributed by atoms with Crippen LogP contribution in [0.1, 0.15) is 39.8 Å². The largest absolute Gasteiger partial charge is 0.369 e. The van der Waals surface area contributed by atoms with Gasteiger partial charge in [-0.1, -0.05) is 127 Å². The molecule has 6 atom stereocenters. The molecule has 2 spiro atoms. The molecule has 4 aliphatic rings. The fraction of sp³-hybridized carbons (Fsp3) is 0.184. The molecule has 3 fully saturated rings. The van der Waals surface area contributed by atoms with E-state index in [0.29, 0.717) is 13.1 Å². The number of ketones is 1. The van der Waals surface area contributed by atoms with Crippen LogP contribution in [0.4, 0.5) is 0 Å². The number of carbonyl (C=O) groups is 1. The standard InChI is InChI=1S/C38H30N2O2/c41-35-29(22-25-12-4-1-5-13-25)23-40-24-36(35)33(27-14-6-2-7-15-27)34(28-16-8-3-9-17-28)39-37(36)30-20-10-18-26-19-11-21-31(32(26)30)38(37,40)42/h1-22,33-34,39,42H,23-24H2/b29-22+/t33-,34-,36-,37+,38+/m0/s1. The molecule has 0 amide bonds. The predicted octanol–water partition coefficient (Wildman–Crippen LogP) is 6.29. The van der Waals surface area contributed by atoms with Crippen LogP contribution < -0.4 is 5.32 Å². The molecule has 2 N–H and O–H groups in total. The number of hydrogen-bond donors (Lipinski definition) is 2. The van der Waals surface area contributed by atoms with Crippen molar-refractivity contribution in [1.82, 2.24) is 10.2 Å². The summed E-state index contributed by atoms with van der Waals surface area (Å²) < 4.78 is 0. The third-order valence-corrected chi connectivity index (χ3v) is 10.5. The number of benzene rings is 5. The lowest BCUT2D eigenvalue weighted by atomic mass is 9.57. The number of nitrogens with zero attached hydrogens (tertiary/aromatic N) is 1. The van der Waals surface area contributed by atoms with Crippen LogP contribution in [0.2, 0.25) is 0 Å². The molecule has 4 nitrogen and oxygen atoms in total. The maximum absolute atomic E-state index is 15.5. The van der Waals surface area contributed by atoms with E-state index in [1.165, 1.54) is 0 Å². The van der Waals surface area contributed by atoms with Gasteiger partial charge in [0.25, 0.3) is 0 Å². The summed E-state index contributed by atoms with van der Waals surface area (Å²) in [5, 5.41) is 19.6. The zero-order chi connectivity index (χ0) is 28.1. The molecular formula is C38H30N2O2. The maximum atomic E-state index is 15.5. The van der Waals surface area contributed by atoms with Crippen molar-refractivity contribution < 1.29 is 9.90 Å². The summed E-state index contributed by atoms with van der Waals surface area (Å²) >= 11 is 0. The number of rotatable bonds is 3. The van der Waals surface area contributed by atoms with Crippen molar-refractivity contribution >= 4 is 22.6 Å². The molecule has 3 saturated heterocycles. The fourth-order valence-corrected chi connectivity index (χ4v) is 9.12.